The number of pyridine rings is 1. The molecule has 0 N–H and O–H groups in total. The van der Waals surface area contributed by atoms with E-state index in [1.54, 1.807) is 28.8 Å². The Morgan fingerprint density at radius 3 is 2.46 bits per heavy atom. The fraction of sp³-hybridized carbons (Fsp3) is 0.300. The highest BCUT2D eigenvalue weighted by Crippen LogP contribution is 2.21. The second-order valence-corrected chi connectivity index (χ2v) is 7.06. The molecule has 1 aromatic carbocycles. The standard InChI is InChI=1S/C20H21N5O3/c1-15-2-7-19-21-16(12-20(26)24(19)13-15)14-22-8-10-23(11-9-22)17-3-5-18(6-4-17)25(27)28/h2-7,12-13H,8-11,14H2,1H3. The first-order valence-electron chi connectivity index (χ1n) is 9.20. The van der Waals surface area contributed by atoms with Crippen molar-refractivity contribution < 1.29 is 4.92 Å². The number of aryl methyl sites for hydroxylation is 1. The van der Waals surface area contributed by atoms with Crippen molar-refractivity contribution in [2.24, 2.45) is 0 Å². The molecule has 1 fully saturated rings. The van der Waals surface area contributed by atoms with Gasteiger partial charge in [-0.15, -0.1) is 0 Å². The zero-order chi connectivity index (χ0) is 19.7. The van der Waals surface area contributed by atoms with Crippen molar-refractivity contribution in [3.05, 3.63) is 80.4 Å². The third kappa shape index (κ3) is 3.72. The lowest BCUT2D eigenvalue weighted by Crippen LogP contribution is -2.46. The predicted molar refractivity (Wildman–Crippen MR) is 107 cm³/mol. The summed E-state index contributed by atoms with van der Waals surface area (Å²) in [6.07, 6.45) is 1.80. The molecule has 2 aromatic heterocycles. The molecule has 8 heteroatoms. The quantitative estimate of drug-likeness (QED) is 0.511. The Kier molecular flexibility index (Phi) is 4.79. The number of rotatable bonds is 4. The van der Waals surface area contributed by atoms with Gasteiger partial charge >= 0.3 is 0 Å². The molecule has 0 amide bonds. The molecule has 0 aliphatic carbocycles. The van der Waals surface area contributed by atoms with E-state index < -0.39 is 0 Å². The van der Waals surface area contributed by atoms with Gasteiger partial charge < -0.3 is 4.90 Å². The van der Waals surface area contributed by atoms with Gasteiger partial charge in [0.05, 0.1) is 10.6 Å². The Balaban J connectivity index is 1.42. The Morgan fingerprint density at radius 1 is 1.07 bits per heavy atom. The Labute approximate surface area is 161 Å². The summed E-state index contributed by atoms with van der Waals surface area (Å²) >= 11 is 0. The zero-order valence-electron chi connectivity index (χ0n) is 15.6. The number of nitro benzene ring substituents is 1. The SMILES string of the molecule is Cc1ccc2nc(CN3CCN(c4ccc([N+](=O)[O-])cc4)CC3)cc(=O)n2c1. The predicted octanol–water partition coefficient (Wildman–Crippen LogP) is 2.23. The number of hydrogen-bond donors (Lipinski definition) is 0. The molecular formula is C20H21N5O3. The molecule has 1 saturated heterocycles. The number of hydrogen-bond acceptors (Lipinski definition) is 6. The topological polar surface area (TPSA) is 84.0 Å². The van der Waals surface area contributed by atoms with Gasteiger partial charge in [0.15, 0.2) is 0 Å². The van der Waals surface area contributed by atoms with Crippen LogP contribution in [0.25, 0.3) is 5.65 Å². The van der Waals surface area contributed by atoms with Crippen LogP contribution in [0.1, 0.15) is 11.3 Å². The maximum absolute atomic E-state index is 12.4. The molecule has 3 heterocycles. The van der Waals surface area contributed by atoms with Gasteiger partial charge in [-0.1, -0.05) is 6.07 Å². The van der Waals surface area contributed by atoms with Crippen molar-refractivity contribution in [2.45, 2.75) is 13.5 Å². The lowest BCUT2D eigenvalue weighted by molar-refractivity contribution is -0.384. The minimum Gasteiger partial charge on any atom is -0.369 e. The molecule has 144 valence electrons. The molecule has 3 aromatic rings. The summed E-state index contributed by atoms with van der Waals surface area (Å²) in [4.78, 5) is 31.9. The van der Waals surface area contributed by atoms with E-state index in [0.717, 1.165) is 43.1 Å². The molecule has 0 saturated carbocycles. The van der Waals surface area contributed by atoms with E-state index in [4.69, 9.17) is 0 Å². The van der Waals surface area contributed by atoms with E-state index in [1.807, 2.05) is 19.1 Å². The average molecular weight is 379 g/mol. The van der Waals surface area contributed by atoms with Gasteiger partial charge in [-0.2, -0.15) is 0 Å². The number of fused-ring (bicyclic) bond motifs is 1. The van der Waals surface area contributed by atoms with E-state index >= 15 is 0 Å². The highest BCUT2D eigenvalue weighted by atomic mass is 16.6. The first kappa shape index (κ1) is 18.1. The summed E-state index contributed by atoms with van der Waals surface area (Å²) in [5.41, 5.74) is 3.49. The van der Waals surface area contributed by atoms with E-state index in [0.29, 0.717) is 12.2 Å². The number of benzene rings is 1. The largest absolute Gasteiger partial charge is 0.369 e. The minimum atomic E-state index is -0.387. The van der Waals surface area contributed by atoms with E-state index in [2.05, 4.69) is 14.8 Å². The fourth-order valence-electron chi connectivity index (χ4n) is 3.52. The smallest absolute Gasteiger partial charge is 0.269 e. The number of anilines is 1. The maximum atomic E-state index is 12.4. The van der Waals surface area contributed by atoms with Crippen LogP contribution in [0.3, 0.4) is 0 Å². The summed E-state index contributed by atoms with van der Waals surface area (Å²) in [6, 6.07) is 12.1. The van der Waals surface area contributed by atoms with Gasteiger partial charge in [0, 0.05) is 62.8 Å². The second-order valence-electron chi connectivity index (χ2n) is 7.06. The summed E-state index contributed by atoms with van der Waals surface area (Å²) in [7, 11) is 0. The van der Waals surface area contributed by atoms with Gasteiger partial charge in [-0.3, -0.25) is 24.2 Å². The van der Waals surface area contributed by atoms with Gasteiger partial charge in [0.25, 0.3) is 11.2 Å². The Bertz CT molecular complexity index is 1070. The van der Waals surface area contributed by atoms with Crippen LogP contribution in [0.4, 0.5) is 11.4 Å². The Hall–Kier alpha value is -3.26. The van der Waals surface area contributed by atoms with Crippen LogP contribution in [0.2, 0.25) is 0 Å². The van der Waals surface area contributed by atoms with Crippen LogP contribution in [0.5, 0.6) is 0 Å². The van der Waals surface area contributed by atoms with Gasteiger partial charge in [-0.05, 0) is 30.7 Å². The van der Waals surface area contributed by atoms with Crippen molar-refractivity contribution in [1.29, 1.82) is 0 Å². The summed E-state index contributed by atoms with van der Waals surface area (Å²) < 4.78 is 1.57. The number of piperazine rings is 1. The molecule has 0 bridgehead atoms. The molecule has 1 aliphatic rings. The molecule has 0 spiro atoms. The van der Waals surface area contributed by atoms with Crippen LogP contribution in [0.15, 0.2) is 53.5 Å². The van der Waals surface area contributed by atoms with Crippen molar-refractivity contribution >= 4 is 17.0 Å². The van der Waals surface area contributed by atoms with Gasteiger partial charge in [0.2, 0.25) is 0 Å². The highest BCUT2D eigenvalue weighted by Gasteiger charge is 2.19. The first-order valence-corrected chi connectivity index (χ1v) is 9.20. The Morgan fingerprint density at radius 2 is 1.79 bits per heavy atom. The van der Waals surface area contributed by atoms with Crippen LogP contribution in [-0.4, -0.2) is 45.4 Å². The second kappa shape index (κ2) is 7.40. The number of non-ortho nitro benzene ring substituents is 1. The highest BCUT2D eigenvalue weighted by molar-refractivity contribution is 5.51. The molecule has 8 nitrogen and oxygen atoms in total. The number of aromatic nitrogens is 2. The summed E-state index contributed by atoms with van der Waals surface area (Å²) in [5, 5.41) is 10.8. The lowest BCUT2D eigenvalue weighted by atomic mass is 10.2. The molecule has 0 unspecified atom stereocenters. The van der Waals surface area contributed by atoms with Crippen LogP contribution >= 0.6 is 0 Å². The van der Waals surface area contributed by atoms with Crippen molar-refractivity contribution in [3.63, 3.8) is 0 Å². The third-order valence-corrected chi connectivity index (χ3v) is 5.04. The van der Waals surface area contributed by atoms with Gasteiger partial charge in [0.1, 0.15) is 5.65 Å². The monoisotopic (exact) mass is 379 g/mol. The van der Waals surface area contributed by atoms with Crippen molar-refractivity contribution in [1.82, 2.24) is 14.3 Å². The van der Waals surface area contributed by atoms with E-state index in [-0.39, 0.29) is 16.2 Å². The summed E-state index contributed by atoms with van der Waals surface area (Å²) in [6.45, 7) is 5.91. The number of nitrogens with zero attached hydrogens (tertiary/aromatic N) is 5. The lowest BCUT2D eigenvalue weighted by Gasteiger charge is -2.35. The summed E-state index contributed by atoms with van der Waals surface area (Å²) in [5.74, 6) is 0. The number of nitro groups is 1. The van der Waals surface area contributed by atoms with Crippen LogP contribution in [0, 0.1) is 17.0 Å². The van der Waals surface area contributed by atoms with E-state index in [1.165, 1.54) is 12.1 Å². The van der Waals surface area contributed by atoms with Crippen molar-refractivity contribution in [2.75, 3.05) is 31.1 Å². The van der Waals surface area contributed by atoms with Crippen LogP contribution in [-0.2, 0) is 6.54 Å². The fourth-order valence-corrected chi connectivity index (χ4v) is 3.52. The van der Waals surface area contributed by atoms with Gasteiger partial charge in [-0.25, -0.2) is 4.98 Å². The van der Waals surface area contributed by atoms with E-state index in [9.17, 15) is 14.9 Å². The molecule has 4 rings (SSSR count). The molecule has 0 radical (unpaired) electrons. The molecule has 28 heavy (non-hydrogen) atoms. The first-order chi connectivity index (χ1) is 13.5. The average Bonchev–Trinajstić information content (AvgIpc) is 2.69. The zero-order valence-corrected chi connectivity index (χ0v) is 15.6. The maximum Gasteiger partial charge on any atom is 0.269 e. The molecular weight excluding hydrogens is 358 g/mol. The normalized spacial score (nSPS) is 15.1. The van der Waals surface area contributed by atoms with Crippen molar-refractivity contribution in [3.8, 4) is 0 Å². The third-order valence-electron chi connectivity index (χ3n) is 5.04. The minimum absolute atomic E-state index is 0.0618. The molecule has 1 aliphatic heterocycles. The van der Waals surface area contributed by atoms with Crippen LogP contribution < -0.4 is 10.5 Å². The molecule has 0 atom stereocenters.